The summed E-state index contributed by atoms with van der Waals surface area (Å²) in [5.74, 6) is 1.17. The number of aromatic nitrogens is 1. The highest BCUT2D eigenvalue weighted by molar-refractivity contribution is 6.10. The average Bonchev–Trinajstić information content (AvgIpc) is 3.70. The summed E-state index contributed by atoms with van der Waals surface area (Å²) < 4.78 is 8.73. The summed E-state index contributed by atoms with van der Waals surface area (Å²) in [7, 11) is 0. The van der Waals surface area contributed by atoms with Crippen molar-refractivity contribution in [1.29, 1.82) is 0 Å². The Bertz CT molecular complexity index is 2590. The molecule has 2 aliphatic rings. The second kappa shape index (κ2) is 11.1. The van der Waals surface area contributed by atoms with Crippen LogP contribution in [-0.4, -0.2) is 10.7 Å². The number of rotatable bonds is 5. The highest BCUT2D eigenvalue weighted by Crippen LogP contribution is 2.46. The van der Waals surface area contributed by atoms with Crippen LogP contribution in [0, 0.1) is 0 Å². The molecular weight excluding hydrogens is 597 g/mol. The van der Waals surface area contributed by atoms with Gasteiger partial charge in [0.15, 0.2) is 0 Å². The Morgan fingerprint density at radius 3 is 2.08 bits per heavy atom. The van der Waals surface area contributed by atoms with Gasteiger partial charge in [-0.1, -0.05) is 109 Å². The molecule has 232 valence electrons. The molecule has 1 aliphatic carbocycles. The van der Waals surface area contributed by atoms with Gasteiger partial charge in [0.2, 0.25) is 0 Å². The second-order valence-electron chi connectivity index (χ2n) is 12.9. The minimum absolute atomic E-state index is 0.0443. The van der Waals surface area contributed by atoms with Crippen molar-refractivity contribution in [2.75, 3.05) is 4.90 Å². The highest BCUT2D eigenvalue weighted by atomic mass is 16.5. The van der Waals surface area contributed by atoms with Crippen LogP contribution < -0.4 is 9.64 Å². The third-order valence-corrected chi connectivity index (χ3v) is 10.1. The van der Waals surface area contributed by atoms with E-state index >= 15 is 0 Å². The molecule has 10 rings (SSSR count). The summed E-state index contributed by atoms with van der Waals surface area (Å²) in [6.07, 6.45) is 8.67. The molecule has 1 aromatic heterocycles. The molecule has 3 heteroatoms. The molecule has 3 nitrogen and oxygen atoms in total. The average molecular weight is 629 g/mol. The Labute approximate surface area is 285 Å². The van der Waals surface area contributed by atoms with Crippen LogP contribution in [0.4, 0.5) is 17.1 Å². The maximum Gasteiger partial charge on any atom is 0.128 e. The van der Waals surface area contributed by atoms with Crippen LogP contribution in [-0.2, 0) is 0 Å². The van der Waals surface area contributed by atoms with E-state index in [1.807, 2.05) is 0 Å². The van der Waals surface area contributed by atoms with Gasteiger partial charge in [0.1, 0.15) is 11.9 Å². The van der Waals surface area contributed by atoms with E-state index in [4.69, 9.17) is 4.74 Å². The Morgan fingerprint density at radius 1 is 0.490 bits per heavy atom. The van der Waals surface area contributed by atoms with Crippen molar-refractivity contribution >= 4 is 49.6 Å². The number of anilines is 3. The highest BCUT2D eigenvalue weighted by Gasteiger charge is 2.33. The van der Waals surface area contributed by atoms with E-state index in [1.165, 1.54) is 49.3 Å². The first kappa shape index (κ1) is 27.8. The van der Waals surface area contributed by atoms with Crippen molar-refractivity contribution in [3.05, 3.63) is 188 Å². The van der Waals surface area contributed by atoms with Gasteiger partial charge in [-0.05, 0) is 94.7 Å². The van der Waals surface area contributed by atoms with Crippen LogP contribution in [0.1, 0.15) is 11.5 Å². The first-order valence-electron chi connectivity index (χ1n) is 16.9. The van der Waals surface area contributed by atoms with Crippen molar-refractivity contribution in [3.8, 4) is 22.6 Å². The zero-order chi connectivity index (χ0) is 32.3. The fraction of sp³-hybridized carbons (Fsp3) is 0.0435. The lowest BCUT2D eigenvalue weighted by atomic mass is 9.91. The molecular formula is C46H32N2O. The minimum Gasteiger partial charge on any atom is -0.485 e. The second-order valence-corrected chi connectivity index (χ2v) is 12.9. The maximum absolute atomic E-state index is 6.35. The van der Waals surface area contributed by atoms with Crippen LogP contribution >= 0.6 is 0 Å². The van der Waals surface area contributed by atoms with Gasteiger partial charge in [-0.3, -0.25) is 0 Å². The van der Waals surface area contributed by atoms with E-state index in [-0.39, 0.29) is 12.0 Å². The number of hydrogen-bond acceptors (Lipinski definition) is 2. The summed E-state index contributed by atoms with van der Waals surface area (Å²) in [5, 5.41) is 4.98. The number of para-hydroxylation sites is 2. The van der Waals surface area contributed by atoms with Gasteiger partial charge >= 0.3 is 0 Å². The zero-order valence-corrected chi connectivity index (χ0v) is 26.8. The van der Waals surface area contributed by atoms with Crippen LogP contribution in [0.5, 0.6) is 5.75 Å². The Balaban J connectivity index is 1.15. The van der Waals surface area contributed by atoms with Gasteiger partial charge in [0.05, 0.1) is 11.0 Å². The van der Waals surface area contributed by atoms with Crippen LogP contribution in [0.15, 0.2) is 182 Å². The molecule has 0 amide bonds. The molecule has 0 saturated carbocycles. The number of fused-ring (bicyclic) bond motifs is 7. The maximum atomic E-state index is 6.35. The van der Waals surface area contributed by atoms with E-state index in [0.29, 0.717) is 0 Å². The summed E-state index contributed by atoms with van der Waals surface area (Å²) in [6, 6.07) is 57.1. The Kier molecular flexibility index (Phi) is 6.31. The van der Waals surface area contributed by atoms with Crippen LogP contribution in [0.3, 0.4) is 0 Å². The molecule has 49 heavy (non-hydrogen) atoms. The number of ether oxygens (including phenoxy) is 1. The predicted octanol–water partition coefficient (Wildman–Crippen LogP) is 12.0. The van der Waals surface area contributed by atoms with Gasteiger partial charge in [-0.2, -0.15) is 0 Å². The predicted molar refractivity (Wildman–Crippen MR) is 204 cm³/mol. The van der Waals surface area contributed by atoms with Crippen molar-refractivity contribution in [1.82, 2.24) is 4.57 Å². The van der Waals surface area contributed by atoms with Crippen molar-refractivity contribution < 1.29 is 4.74 Å². The van der Waals surface area contributed by atoms with E-state index in [1.54, 1.807) is 0 Å². The topological polar surface area (TPSA) is 17.4 Å². The molecule has 0 bridgehead atoms. The molecule has 0 radical (unpaired) electrons. The number of nitrogens with zero attached hydrogens (tertiary/aromatic N) is 2. The van der Waals surface area contributed by atoms with Gasteiger partial charge in [-0.25, -0.2) is 0 Å². The molecule has 1 aliphatic heterocycles. The number of hydrogen-bond donors (Lipinski definition) is 0. The molecule has 0 spiro atoms. The third-order valence-electron chi connectivity index (χ3n) is 10.1. The quantitative estimate of drug-likeness (QED) is 0.189. The molecule has 2 atom stereocenters. The molecule has 8 aromatic rings. The largest absolute Gasteiger partial charge is 0.485 e. The Hall–Kier alpha value is -6.32. The lowest BCUT2D eigenvalue weighted by Gasteiger charge is -2.27. The van der Waals surface area contributed by atoms with Crippen molar-refractivity contribution in [3.63, 3.8) is 0 Å². The lowest BCUT2D eigenvalue weighted by Crippen LogP contribution is -2.15. The fourth-order valence-electron chi connectivity index (χ4n) is 7.74. The standard InChI is InChI=1S/C46H32N2O/c1-2-12-35(13-3-1)48-43-16-8-6-14-39(43)40-26-24-38(30-44(40)48)47(37-25-27-46-42(29-37)41-15-7-9-17-45(41)49-46)36-22-20-32(21-23-36)34-19-18-31-10-4-5-11-33(31)28-34/h1-30,41,45H. The molecule has 0 fully saturated rings. The van der Waals surface area contributed by atoms with E-state index in [9.17, 15) is 0 Å². The summed E-state index contributed by atoms with van der Waals surface area (Å²) in [5.41, 5.74) is 10.4. The molecule has 0 saturated heterocycles. The van der Waals surface area contributed by atoms with Crippen LogP contribution in [0.2, 0.25) is 0 Å². The monoisotopic (exact) mass is 628 g/mol. The molecule has 0 N–H and O–H groups in total. The van der Waals surface area contributed by atoms with Gasteiger partial charge in [0.25, 0.3) is 0 Å². The smallest absolute Gasteiger partial charge is 0.128 e. The van der Waals surface area contributed by atoms with Crippen molar-refractivity contribution in [2.45, 2.75) is 12.0 Å². The minimum atomic E-state index is 0.0443. The summed E-state index contributed by atoms with van der Waals surface area (Å²) >= 11 is 0. The fourth-order valence-corrected chi connectivity index (χ4v) is 7.74. The lowest BCUT2D eigenvalue weighted by molar-refractivity contribution is 0.269. The normalized spacial score (nSPS) is 16.2. The summed E-state index contributed by atoms with van der Waals surface area (Å²) in [4.78, 5) is 2.38. The Morgan fingerprint density at radius 2 is 1.18 bits per heavy atom. The number of allylic oxidation sites excluding steroid dienone is 2. The van der Waals surface area contributed by atoms with E-state index < -0.39 is 0 Å². The zero-order valence-electron chi connectivity index (χ0n) is 26.8. The van der Waals surface area contributed by atoms with Crippen LogP contribution in [0.25, 0.3) is 49.4 Å². The van der Waals surface area contributed by atoms with Gasteiger partial charge < -0.3 is 14.2 Å². The molecule has 2 heterocycles. The van der Waals surface area contributed by atoms with Crippen molar-refractivity contribution in [2.24, 2.45) is 0 Å². The SMILES string of the molecule is C1=CC2Oc3ccc(N(c4ccc(-c5ccc6ccccc6c5)cc4)c4ccc5c6ccccc6n(-c6ccccc6)c5c4)cc3C2C=C1. The van der Waals surface area contributed by atoms with E-state index in [0.717, 1.165) is 28.5 Å². The van der Waals surface area contributed by atoms with Gasteiger partial charge in [0, 0.05) is 45.0 Å². The third kappa shape index (κ3) is 4.58. The van der Waals surface area contributed by atoms with Gasteiger partial charge in [-0.15, -0.1) is 0 Å². The first-order chi connectivity index (χ1) is 24.3. The molecule has 7 aromatic carbocycles. The number of benzene rings is 7. The molecule has 2 unspecified atom stereocenters. The van der Waals surface area contributed by atoms with E-state index in [2.05, 4.69) is 191 Å². The first-order valence-corrected chi connectivity index (χ1v) is 16.9. The summed E-state index contributed by atoms with van der Waals surface area (Å²) in [6.45, 7) is 0.